The molecular weight excluding hydrogens is 282 g/mol. The highest BCUT2D eigenvalue weighted by atomic mass is 16.6. The lowest BCUT2D eigenvalue weighted by atomic mass is 9.79. The average Bonchev–Trinajstić information content (AvgIpc) is 2.34. The van der Waals surface area contributed by atoms with Crippen molar-refractivity contribution < 1.29 is 15.0 Å². The topological polar surface area (TPSA) is 88.8 Å². The predicted molar refractivity (Wildman–Crippen MR) is 83.7 cm³/mol. The first kappa shape index (κ1) is 16.4. The lowest BCUT2D eigenvalue weighted by Gasteiger charge is -2.43. The van der Waals surface area contributed by atoms with E-state index < -0.39 is 4.92 Å². The summed E-state index contributed by atoms with van der Waals surface area (Å²) in [6.45, 7) is 8.67. The zero-order chi connectivity index (χ0) is 16.5. The Morgan fingerprint density at radius 1 is 1.27 bits per heavy atom. The van der Waals surface area contributed by atoms with E-state index in [0.29, 0.717) is 5.56 Å². The molecule has 1 amide bonds. The Morgan fingerprint density at radius 2 is 1.86 bits per heavy atom. The Hall–Kier alpha value is -1.95. The van der Waals surface area contributed by atoms with E-state index in [1.807, 2.05) is 0 Å². The van der Waals surface area contributed by atoms with Gasteiger partial charge < -0.3 is 10.6 Å². The first-order valence-corrected chi connectivity index (χ1v) is 7.50. The quantitative estimate of drug-likeness (QED) is 0.657. The van der Waals surface area contributed by atoms with Crippen LogP contribution in [0.2, 0.25) is 0 Å². The van der Waals surface area contributed by atoms with Crippen LogP contribution in [0.4, 0.5) is 5.69 Å². The van der Waals surface area contributed by atoms with Crippen LogP contribution in [0.5, 0.6) is 0 Å². The molecule has 1 saturated heterocycles. The predicted octanol–water partition coefficient (Wildman–Crippen LogP) is 1.61. The third-order valence-corrected chi connectivity index (χ3v) is 3.98. The number of hydrogen-bond donors (Lipinski definition) is 2. The van der Waals surface area contributed by atoms with Crippen LogP contribution in [-0.2, 0) is 0 Å². The van der Waals surface area contributed by atoms with E-state index in [1.165, 1.54) is 18.2 Å². The summed E-state index contributed by atoms with van der Waals surface area (Å²) in [5.74, 6) is -0.248. The van der Waals surface area contributed by atoms with Crippen molar-refractivity contribution in [1.82, 2.24) is 5.32 Å². The van der Waals surface area contributed by atoms with Crippen molar-refractivity contribution in [3.63, 3.8) is 0 Å². The van der Waals surface area contributed by atoms with Crippen LogP contribution in [-0.4, -0.2) is 28.0 Å². The van der Waals surface area contributed by atoms with E-state index in [1.54, 1.807) is 6.07 Å². The molecule has 120 valence electrons. The molecule has 1 fully saturated rings. The molecule has 0 aliphatic carbocycles. The van der Waals surface area contributed by atoms with Gasteiger partial charge >= 0.3 is 0 Å². The number of non-ortho nitro benzene ring substituents is 1. The lowest BCUT2D eigenvalue weighted by molar-refractivity contribution is -0.787. The maximum atomic E-state index is 12.4. The molecule has 1 aromatic rings. The second-order valence-corrected chi connectivity index (χ2v) is 7.51. The van der Waals surface area contributed by atoms with Gasteiger partial charge in [-0.15, -0.1) is 0 Å². The fourth-order valence-electron chi connectivity index (χ4n) is 3.65. The summed E-state index contributed by atoms with van der Waals surface area (Å²) in [6.07, 6.45) is 1.74. The van der Waals surface area contributed by atoms with Gasteiger partial charge in [-0.3, -0.25) is 14.9 Å². The molecule has 0 spiro atoms. The number of rotatable bonds is 3. The third-order valence-electron chi connectivity index (χ3n) is 3.98. The van der Waals surface area contributed by atoms with Crippen molar-refractivity contribution in [2.24, 2.45) is 0 Å². The van der Waals surface area contributed by atoms with E-state index in [0.717, 1.165) is 12.8 Å². The van der Waals surface area contributed by atoms with Crippen LogP contribution in [0.25, 0.3) is 0 Å². The fraction of sp³-hybridized carbons (Fsp3) is 0.562. The third kappa shape index (κ3) is 4.04. The van der Waals surface area contributed by atoms with E-state index in [2.05, 4.69) is 38.3 Å². The maximum Gasteiger partial charge on any atom is 0.270 e. The number of nitrogens with one attached hydrogen (secondary N) is 1. The Kier molecular flexibility index (Phi) is 4.24. The second kappa shape index (κ2) is 5.68. The van der Waals surface area contributed by atoms with Crippen molar-refractivity contribution in [2.45, 2.75) is 57.7 Å². The number of carbonyl (C=O) groups is 1. The highest BCUT2D eigenvalue weighted by molar-refractivity contribution is 5.95. The van der Waals surface area contributed by atoms with Crippen LogP contribution >= 0.6 is 0 Å². The number of nitro groups is 1. The van der Waals surface area contributed by atoms with Crippen molar-refractivity contribution in [2.75, 3.05) is 0 Å². The lowest BCUT2D eigenvalue weighted by Crippen LogP contribution is -3.06. The molecule has 1 aromatic carbocycles. The van der Waals surface area contributed by atoms with E-state index in [9.17, 15) is 14.9 Å². The number of hydrogen-bond acceptors (Lipinski definition) is 3. The summed E-state index contributed by atoms with van der Waals surface area (Å²) in [5, 5.41) is 16.2. The fourth-order valence-corrected chi connectivity index (χ4v) is 3.65. The molecule has 0 unspecified atom stereocenters. The summed E-state index contributed by atoms with van der Waals surface area (Å²) in [6, 6.07) is 5.92. The summed E-state index contributed by atoms with van der Waals surface area (Å²) < 4.78 is 0. The number of nitrogens with zero attached hydrogens (tertiary/aromatic N) is 1. The van der Waals surface area contributed by atoms with Crippen molar-refractivity contribution in [1.29, 1.82) is 0 Å². The molecule has 1 heterocycles. The minimum Gasteiger partial charge on any atom is -0.349 e. The van der Waals surface area contributed by atoms with Gasteiger partial charge in [-0.2, -0.15) is 0 Å². The van der Waals surface area contributed by atoms with Gasteiger partial charge in [0.15, 0.2) is 0 Å². The molecule has 3 N–H and O–H groups in total. The van der Waals surface area contributed by atoms with Crippen LogP contribution in [0, 0.1) is 10.1 Å². The zero-order valence-electron chi connectivity index (χ0n) is 13.6. The van der Waals surface area contributed by atoms with Crippen molar-refractivity contribution in [3.8, 4) is 0 Å². The first-order chi connectivity index (χ1) is 10.1. The molecule has 0 saturated carbocycles. The number of benzene rings is 1. The molecule has 0 radical (unpaired) electrons. The number of amides is 1. The Bertz CT molecular complexity index is 580. The molecular formula is C16H24N3O3+. The SMILES string of the molecule is CC1(C)CC(NC(=O)c2cccc([N+](=O)[O-])c2)CC(C)(C)[NH2+]1. The van der Waals surface area contributed by atoms with Crippen LogP contribution < -0.4 is 10.6 Å². The summed E-state index contributed by atoms with van der Waals surface area (Å²) in [7, 11) is 0. The number of carbonyl (C=O) groups excluding carboxylic acids is 1. The number of nitro benzene ring substituents is 1. The smallest absolute Gasteiger partial charge is 0.270 e. The largest absolute Gasteiger partial charge is 0.349 e. The molecule has 6 nitrogen and oxygen atoms in total. The van der Waals surface area contributed by atoms with Gasteiger partial charge in [0.2, 0.25) is 0 Å². The molecule has 22 heavy (non-hydrogen) atoms. The normalized spacial score (nSPS) is 20.4. The standard InChI is InChI=1S/C16H23N3O3/c1-15(2)9-12(10-16(3,4)18-15)17-14(20)11-6-5-7-13(8-11)19(21)22/h5-8,12,18H,9-10H2,1-4H3,(H,17,20)/p+1. The second-order valence-electron chi connectivity index (χ2n) is 7.51. The van der Waals surface area contributed by atoms with Crippen LogP contribution in [0.1, 0.15) is 50.9 Å². The molecule has 1 aliphatic rings. The van der Waals surface area contributed by atoms with Gasteiger partial charge in [0.05, 0.1) is 16.0 Å². The van der Waals surface area contributed by atoms with Gasteiger partial charge in [0.1, 0.15) is 0 Å². The molecule has 1 aliphatic heterocycles. The number of piperidine rings is 1. The summed E-state index contributed by atoms with van der Waals surface area (Å²) in [4.78, 5) is 22.7. The molecule has 0 atom stereocenters. The van der Waals surface area contributed by atoms with Gasteiger partial charge in [-0.25, -0.2) is 0 Å². The molecule has 6 heteroatoms. The van der Waals surface area contributed by atoms with Crippen LogP contribution in [0.15, 0.2) is 24.3 Å². The molecule has 0 bridgehead atoms. The molecule has 2 rings (SSSR count). The van der Waals surface area contributed by atoms with E-state index >= 15 is 0 Å². The van der Waals surface area contributed by atoms with Gasteiger partial charge in [0, 0.05) is 36.6 Å². The summed E-state index contributed by atoms with van der Waals surface area (Å²) >= 11 is 0. The minimum absolute atomic E-state index is 0.0579. The average molecular weight is 306 g/mol. The van der Waals surface area contributed by atoms with E-state index in [4.69, 9.17) is 0 Å². The zero-order valence-corrected chi connectivity index (χ0v) is 13.6. The van der Waals surface area contributed by atoms with Crippen LogP contribution in [0.3, 0.4) is 0 Å². The Balaban J connectivity index is 2.11. The highest BCUT2D eigenvalue weighted by Crippen LogP contribution is 2.22. The minimum atomic E-state index is -0.488. The Labute approximate surface area is 130 Å². The monoisotopic (exact) mass is 306 g/mol. The van der Waals surface area contributed by atoms with E-state index in [-0.39, 0.29) is 28.7 Å². The number of quaternary nitrogens is 1. The first-order valence-electron chi connectivity index (χ1n) is 7.50. The Morgan fingerprint density at radius 3 is 2.41 bits per heavy atom. The van der Waals surface area contributed by atoms with Gasteiger partial charge in [-0.1, -0.05) is 6.07 Å². The molecule has 0 aromatic heterocycles. The summed E-state index contributed by atoms with van der Waals surface area (Å²) in [5.41, 5.74) is 0.384. The van der Waals surface area contributed by atoms with Gasteiger partial charge in [-0.05, 0) is 33.8 Å². The van der Waals surface area contributed by atoms with Gasteiger partial charge in [0.25, 0.3) is 11.6 Å². The number of nitrogens with two attached hydrogens (primary N) is 1. The highest BCUT2D eigenvalue weighted by Gasteiger charge is 2.42. The van der Waals surface area contributed by atoms with Crippen molar-refractivity contribution in [3.05, 3.63) is 39.9 Å². The maximum absolute atomic E-state index is 12.4. The van der Waals surface area contributed by atoms with Crippen molar-refractivity contribution >= 4 is 11.6 Å².